The molecule has 2 heterocycles. The van der Waals surface area contributed by atoms with Gasteiger partial charge in [-0.05, 0) is 73.9 Å². The van der Waals surface area contributed by atoms with Crippen molar-refractivity contribution in [3.63, 3.8) is 0 Å². The zero-order chi connectivity index (χ0) is 31.5. The van der Waals surface area contributed by atoms with Gasteiger partial charge in [0.05, 0.1) is 35.9 Å². The molecule has 1 aliphatic heterocycles. The van der Waals surface area contributed by atoms with E-state index in [2.05, 4.69) is 4.98 Å². The quantitative estimate of drug-likeness (QED) is 0.0925. The molecule has 1 unspecified atom stereocenters. The first-order chi connectivity index (χ1) is 21.1. The predicted octanol–water partition coefficient (Wildman–Crippen LogP) is 6.58. The number of ether oxygens (including phenoxy) is 3. The van der Waals surface area contributed by atoms with Crippen molar-refractivity contribution in [2.75, 3.05) is 18.6 Å². The van der Waals surface area contributed by atoms with Crippen molar-refractivity contribution in [3.8, 4) is 17.2 Å². The first-order valence-electron chi connectivity index (χ1n) is 14.0. The van der Waals surface area contributed by atoms with Gasteiger partial charge in [0.25, 0.3) is 5.78 Å². The van der Waals surface area contributed by atoms with Gasteiger partial charge in [0.1, 0.15) is 18.1 Å². The van der Waals surface area contributed by atoms with Gasteiger partial charge in [0.2, 0.25) is 0 Å². The zero-order valence-corrected chi connectivity index (χ0v) is 25.9. The summed E-state index contributed by atoms with van der Waals surface area (Å²) in [5.41, 5.74) is 3.31. The molecule has 1 amide bonds. The Morgan fingerprint density at radius 2 is 1.73 bits per heavy atom. The van der Waals surface area contributed by atoms with Crippen molar-refractivity contribution in [3.05, 3.63) is 105 Å². The number of rotatable bonds is 10. The van der Waals surface area contributed by atoms with Crippen LogP contribution >= 0.6 is 11.3 Å². The van der Waals surface area contributed by atoms with Crippen molar-refractivity contribution in [2.24, 2.45) is 0 Å². The van der Waals surface area contributed by atoms with Crippen molar-refractivity contribution in [1.29, 1.82) is 0 Å². The van der Waals surface area contributed by atoms with E-state index < -0.39 is 17.7 Å². The number of hydrogen-bond acceptors (Lipinski definition) is 9. The molecule has 0 saturated carbocycles. The lowest BCUT2D eigenvalue weighted by molar-refractivity contribution is -0.132. The first-order valence-corrected chi connectivity index (χ1v) is 14.8. The number of hydrogen-bond donors (Lipinski definition) is 1. The van der Waals surface area contributed by atoms with Gasteiger partial charge < -0.3 is 19.3 Å². The molecule has 0 spiro atoms. The highest BCUT2D eigenvalue weighted by Gasteiger charge is 2.48. The number of Topliss-reactive ketones (excluding diaryl/α,β-unsaturated/α-hetero) is 2. The van der Waals surface area contributed by atoms with Gasteiger partial charge in [0.15, 0.2) is 22.4 Å². The highest BCUT2D eigenvalue weighted by atomic mass is 32.1. The maximum Gasteiger partial charge on any atom is 0.301 e. The minimum absolute atomic E-state index is 0.119. The van der Waals surface area contributed by atoms with E-state index in [0.29, 0.717) is 52.2 Å². The molecule has 1 aromatic heterocycles. The molecule has 1 saturated heterocycles. The number of methoxy groups -OCH3 is 1. The molecule has 1 atom stereocenters. The number of aryl methyl sites for hydroxylation is 2. The average Bonchev–Trinajstić information content (AvgIpc) is 3.53. The lowest BCUT2D eigenvalue weighted by atomic mass is 9.95. The average molecular weight is 613 g/mol. The Balaban J connectivity index is 1.58. The van der Waals surface area contributed by atoms with E-state index in [-0.39, 0.29) is 22.2 Å². The van der Waals surface area contributed by atoms with Gasteiger partial charge in [-0.15, -0.1) is 0 Å². The summed E-state index contributed by atoms with van der Waals surface area (Å²) in [7, 11) is 1.49. The molecule has 1 aliphatic rings. The third-order valence-electron chi connectivity index (χ3n) is 7.34. The summed E-state index contributed by atoms with van der Waals surface area (Å²) in [5.74, 6) is -0.844. The van der Waals surface area contributed by atoms with E-state index in [9.17, 15) is 19.5 Å². The lowest BCUT2D eigenvalue weighted by Gasteiger charge is -2.24. The Labute approximate surface area is 259 Å². The smallest absolute Gasteiger partial charge is 0.301 e. The minimum atomic E-state index is -1.05. The molecule has 3 aromatic carbocycles. The Kier molecular flexibility index (Phi) is 8.82. The Hall–Kier alpha value is -4.96. The monoisotopic (exact) mass is 612 g/mol. The van der Waals surface area contributed by atoms with E-state index in [1.165, 1.54) is 18.9 Å². The Bertz CT molecular complexity index is 1770. The number of nitrogens with zero attached hydrogens (tertiary/aromatic N) is 2. The zero-order valence-electron chi connectivity index (χ0n) is 25.0. The molecular formula is C34H32N2O7S. The number of benzene rings is 3. The summed E-state index contributed by atoms with van der Waals surface area (Å²) in [6.07, 6.45) is 0. The molecule has 0 radical (unpaired) electrons. The number of aromatic nitrogens is 1. The summed E-state index contributed by atoms with van der Waals surface area (Å²) >= 11 is 1.02. The van der Waals surface area contributed by atoms with Crippen LogP contribution in [-0.4, -0.2) is 41.3 Å². The lowest BCUT2D eigenvalue weighted by Crippen LogP contribution is -2.29. The number of anilines is 1. The number of carbonyl (C=O) groups is 3. The predicted molar refractivity (Wildman–Crippen MR) is 168 cm³/mol. The summed E-state index contributed by atoms with van der Waals surface area (Å²) in [5, 5.41) is 11.7. The molecule has 44 heavy (non-hydrogen) atoms. The van der Waals surface area contributed by atoms with Crippen LogP contribution in [0.25, 0.3) is 5.76 Å². The van der Waals surface area contributed by atoms with E-state index in [1.54, 1.807) is 49.4 Å². The van der Waals surface area contributed by atoms with Crippen LogP contribution < -0.4 is 19.1 Å². The van der Waals surface area contributed by atoms with Crippen LogP contribution in [0.1, 0.15) is 57.5 Å². The molecular weight excluding hydrogens is 580 g/mol. The highest BCUT2D eigenvalue weighted by molar-refractivity contribution is 7.18. The second-order valence-electron chi connectivity index (χ2n) is 10.2. The fourth-order valence-electron chi connectivity index (χ4n) is 5.08. The summed E-state index contributed by atoms with van der Waals surface area (Å²) in [4.78, 5) is 45.5. The number of ketones is 2. The van der Waals surface area contributed by atoms with Crippen LogP contribution in [0, 0.1) is 13.8 Å². The minimum Gasteiger partial charge on any atom is -0.507 e. The van der Waals surface area contributed by atoms with Crippen molar-refractivity contribution >= 4 is 39.7 Å². The van der Waals surface area contributed by atoms with E-state index in [0.717, 1.165) is 22.5 Å². The topological polar surface area (TPSA) is 115 Å². The van der Waals surface area contributed by atoms with Gasteiger partial charge in [-0.25, -0.2) is 4.98 Å². The molecule has 0 bridgehead atoms. The maximum absolute atomic E-state index is 13.6. The Morgan fingerprint density at radius 1 is 1.00 bits per heavy atom. The van der Waals surface area contributed by atoms with Gasteiger partial charge in [0, 0.05) is 12.5 Å². The van der Waals surface area contributed by atoms with Crippen molar-refractivity contribution in [1.82, 2.24) is 4.98 Å². The van der Waals surface area contributed by atoms with Crippen LogP contribution in [0.15, 0.2) is 72.3 Å². The van der Waals surface area contributed by atoms with Gasteiger partial charge >= 0.3 is 5.91 Å². The number of aliphatic hydroxyl groups excluding tert-OH is 1. The largest absolute Gasteiger partial charge is 0.507 e. The fourth-order valence-corrected chi connectivity index (χ4v) is 6.07. The molecule has 5 rings (SSSR count). The van der Waals surface area contributed by atoms with Gasteiger partial charge in [-0.1, -0.05) is 41.7 Å². The molecule has 10 heteroatoms. The third-order valence-corrected chi connectivity index (χ3v) is 8.60. The van der Waals surface area contributed by atoms with Gasteiger partial charge in [-0.3, -0.25) is 19.3 Å². The Morgan fingerprint density at radius 3 is 2.36 bits per heavy atom. The number of amides is 1. The summed E-state index contributed by atoms with van der Waals surface area (Å²) in [6, 6.07) is 18.6. The number of carbonyl (C=O) groups excluding carboxylic acids is 3. The van der Waals surface area contributed by atoms with Crippen molar-refractivity contribution in [2.45, 2.75) is 40.3 Å². The van der Waals surface area contributed by atoms with Gasteiger partial charge in [-0.2, -0.15) is 0 Å². The third kappa shape index (κ3) is 5.80. The standard InChI is InChI=1S/C34H32N2O7S/c1-6-42-26-16-13-23(17-27(26)41-5)29-28(31(39)33(40)36(29)34-35-20(3)32(44-34)21(4)37)30(38)22-11-14-25(15-12-22)43-18-24-10-8-7-9-19(24)2/h7-17,29,38H,6,18H2,1-5H3. The second-order valence-corrected chi connectivity index (χ2v) is 11.2. The van der Waals surface area contributed by atoms with Crippen molar-refractivity contribution < 1.29 is 33.7 Å². The van der Waals surface area contributed by atoms with Crippen LogP contribution in [0.5, 0.6) is 17.2 Å². The number of aliphatic hydroxyl groups is 1. The molecule has 1 fully saturated rings. The van der Waals surface area contributed by atoms with E-state index in [4.69, 9.17) is 14.2 Å². The molecule has 1 N–H and O–H groups in total. The molecule has 0 aliphatic carbocycles. The summed E-state index contributed by atoms with van der Waals surface area (Å²) < 4.78 is 17.1. The van der Waals surface area contributed by atoms with E-state index >= 15 is 0 Å². The van der Waals surface area contributed by atoms with Crippen LogP contribution in [0.4, 0.5) is 5.13 Å². The normalized spacial score (nSPS) is 15.8. The first kappa shape index (κ1) is 30.5. The fraction of sp³-hybridized carbons (Fsp3) is 0.235. The maximum atomic E-state index is 13.6. The van der Waals surface area contributed by atoms with Crippen LogP contribution in [0.2, 0.25) is 0 Å². The second kappa shape index (κ2) is 12.7. The SMILES string of the molecule is CCOc1ccc(C2C(=C(O)c3ccc(OCc4ccccc4C)cc3)C(=O)C(=O)N2c2nc(C)c(C(C)=O)s2)cc1OC. The molecule has 4 aromatic rings. The van der Waals surface area contributed by atoms with Crippen LogP contribution in [-0.2, 0) is 16.2 Å². The molecule has 9 nitrogen and oxygen atoms in total. The van der Waals surface area contributed by atoms with E-state index in [1.807, 2.05) is 38.1 Å². The van der Waals surface area contributed by atoms with Crippen LogP contribution in [0.3, 0.4) is 0 Å². The molecule has 226 valence electrons. The summed E-state index contributed by atoms with van der Waals surface area (Å²) in [6.45, 7) is 7.73. The highest BCUT2D eigenvalue weighted by Crippen LogP contribution is 2.45. The number of thiazole rings is 1.